The number of esters is 1. The second kappa shape index (κ2) is 12.0. The van der Waals surface area contributed by atoms with Crippen LogP contribution in [0.1, 0.15) is 82.0 Å². The van der Waals surface area contributed by atoms with Gasteiger partial charge in [-0.1, -0.05) is 38.8 Å². The maximum Gasteiger partial charge on any atom is 0.412 e. The van der Waals surface area contributed by atoms with Crippen LogP contribution < -0.4 is 5.32 Å². The minimum atomic E-state index is -0.574. The Hall–Kier alpha value is -2.64. The van der Waals surface area contributed by atoms with E-state index in [0.717, 1.165) is 48.0 Å². The number of carbonyl (C=O) groups is 2. The van der Waals surface area contributed by atoms with Crippen molar-refractivity contribution in [3.8, 4) is 10.4 Å². The molecule has 1 saturated carbocycles. The molecule has 2 aromatic rings. The van der Waals surface area contributed by atoms with Gasteiger partial charge in [-0.15, -0.1) is 11.3 Å². The number of thiophene rings is 1. The third-order valence-corrected chi connectivity index (χ3v) is 8.80. The number of methoxy groups -OCH3 is 1. The highest BCUT2D eigenvalue weighted by atomic mass is 32.1. The number of hydrogen-bond donors (Lipinski definition) is 1. The summed E-state index contributed by atoms with van der Waals surface area (Å²) < 4.78 is 10.7. The van der Waals surface area contributed by atoms with Crippen LogP contribution in [0.25, 0.3) is 16.0 Å². The van der Waals surface area contributed by atoms with Gasteiger partial charge in [0.05, 0.1) is 7.11 Å². The molecule has 0 radical (unpaired) electrons. The average molecular weight is 539 g/mol. The van der Waals surface area contributed by atoms with Crippen molar-refractivity contribution < 1.29 is 19.1 Å². The van der Waals surface area contributed by atoms with Gasteiger partial charge < -0.3 is 9.47 Å². The van der Waals surface area contributed by atoms with Crippen LogP contribution in [0.5, 0.6) is 0 Å². The Balaban J connectivity index is 1.72. The average Bonchev–Trinajstić information content (AvgIpc) is 3.33. The van der Waals surface area contributed by atoms with E-state index in [1.807, 2.05) is 45.0 Å². The van der Waals surface area contributed by atoms with E-state index in [2.05, 4.69) is 30.1 Å². The second-order valence-electron chi connectivity index (χ2n) is 11.6. The van der Waals surface area contributed by atoms with Crippen molar-refractivity contribution in [2.45, 2.75) is 72.3 Å². The molecule has 0 saturated heterocycles. The number of ether oxygens (including phenoxy) is 2. The summed E-state index contributed by atoms with van der Waals surface area (Å²) in [5.74, 6) is 1.08. The van der Waals surface area contributed by atoms with Gasteiger partial charge in [-0.2, -0.15) is 0 Å². The van der Waals surface area contributed by atoms with Crippen LogP contribution in [0.2, 0.25) is 0 Å². The summed E-state index contributed by atoms with van der Waals surface area (Å²) in [6, 6.07) is 9.85. The van der Waals surface area contributed by atoms with Crippen molar-refractivity contribution in [1.29, 1.82) is 0 Å². The van der Waals surface area contributed by atoms with Gasteiger partial charge in [-0.3, -0.25) is 10.2 Å². The maximum atomic E-state index is 13.0. The molecular weight excluding hydrogens is 496 g/mol. The van der Waals surface area contributed by atoms with Crippen molar-refractivity contribution in [2.24, 2.45) is 11.8 Å². The number of rotatable bonds is 6. The molecule has 6 nitrogen and oxygen atoms in total. The molecule has 2 heterocycles. The van der Waals surface area contributed by atoms with E-state index in [0.29, 0.717) is 16.5 Å². The lowest BCUT2D eigenvalue weighted by molar-refractivity contribution is 0.0603. The summed E-state index contributed by atoms with van der Waals surface area (Å²) in [5, 5.41) is 2.83. The van der Waals surface area contributed by atoms with Crippen molar-refractivity contribution >= 4 is 34.7 Å². The fourth-order valence-corrected chi connectivity index (χ4v) is 6.68. The van der Waals surface area contributed by atoms with E-state index in [-0.39, 0.29) is 5.97 Å². The van der Waals surface area contributed by atoms with E-state index in [9.17, 15) is 9.59 Å². The predicted octanol–water partition coefficient (Wildman–Crippen LogP) is 7.85. The zero-order valence-corrected chi connectivity index (χ0v) is 24.5. The lowest BCUT2D eigenvalue weighted by Crippen LogP contribution is -2.34. The van der Waals surface area contributed by atoms with Crippen LogP contribution in [0.15, 0.2) is 35.9 Å². The summed E-state index contributed by atoms with van der Waals surface area (Å²) in [6.07, 6.45) is 5.43. The minimum absolute atomic E-state index is 0.290. The minimum Gasteiger partial charge on any atom is -0.465 e. The molecule has 1 N–H and O–H groups in total. The first kappa shape index (κ1) is 28.4. The van der Waals surface area contributed by atoms with Gasteiger partial charge in [0.15, 0.2) is 0 Å². The molecule has 0 atom stereocenters. The van der Waals surface area contributed by atoms with Crippen LogP contribution in [0.3, 0.4) is 0 Å². The van der Waals surface area contributed by atoms with E-state index in [4.69, 9.17) is 9.47 Å². The first-order valence-electron chi connectivity index (χ1n) is 13.8. The van der Waals surface area contributed by atoms with Crippen LogP contribution in [-0.4, -0.2) is 49.3 Å². The summed E-state index contributed by atoms with van der Waals surface area (Å²) in [7, 11) is 1.45. The van der Waals surface area contributed by atoms with Gasteiger partial charge in [0.25, 0.3) is 0 Å². The van der Waals surface area contributed by atoms with Crippen molar-refractivity contribution in [1.82, 2.24) is 4.90 Å². The third-order valence-electron chi connectivity index (χ3n) is 7.64. The second-order valence-corrected chi connectivity index (χ2v) is 12.7. The molecule has 1 aliphatic carbocycles. The van der Waals surface area contributed by atoms with E-state index >= 15 is 0 Å². The van der Waals surface area contributed by atoms with Gasteiger partial charge in [0, 0.05) is 29.2 Å². The predicted molar refractivity (Wildman–Crippen MR) is 156 cm³/mol. The van der Waals surface area contributed by atoms with Gasteiger partial charge in [0.1, 0.15) is 10.5 Å². The molecule has 7 heteroatoms. The molecule has 206 valence electrons. The molecule has 1 aromatic heterocycles. The summed E-state index contributed by atoms with van der Waals surface area (Å²) in [4.78, 5) is 29.5. The van der Waals surface area contributed by atoms with Crippen LogP contribution >= 0.6 is 11.3 Å². The highest BCUT2D eigenvalue weighted by Gasteiger charge is 2.31. The fourth-order valence-electron chi connectivity index (χ4n) is 5.58. The van der Waals surface area contributed by atoms with Crippen LogP contribution in [0.4, 0.5) is 10.5 Å². The topological polar surface area (TPSA) is 67.9 Å². The first-order chi connectivity index (χ1) is 18.1. The molecule has 0 spiro atoms. The SMILES string of the molecule is CCN1CCC(c2cc(-c3cccc(NC(=O)OC(C)(C)C)c3)sc2C(=O)OC)=C(C2CCC(C)CC2)C1. The molecule has 1 aliphatic heterocycles. The Morgan fingerprint density at radius 3 is 2.53 bits per heavy atom. The number of nitrogens with one attached hydrogen (secondary N) is 1. The Morgan fingerprint density at radius 1 is 1.13 bits per heavy atom. The third kappa shape index (κ3) is 6.86. The number of benzene rings is 1. The first-order valence-corrected chi connectivity index (χ1v) is 14.7. The Kier molecular flexibility index (Phi) is 8.99. The van der Waals surface area contributed by atoms with Gasteiger partial charge in [0.2, 0.25) is 0 Å². The van der Waals surface area contributed by atoms with Gasteiger partial charge >= 0.3 is 12.1 Å². The lowest BCUT2D eigenvalue weighted by Gasteiger charge is -2.37. The Labute approximate surface area is 231 Å². The van der Waals surface area contributed by atoms with Gasteiger partial charge in [-0.25, -0.2) is 9.59 Å². The van der Waals surface area contributed by atoms with E-state index in [1.165, 1.54) is 55.3 Å². The monoisotopic (exact) mass is 538 g/mol. The molecular formula is C31H42N2O4S. The number of likely N-dealkylation sites (N-methyl/N-ethyl adjacent to an activating group) is 1. The normalized spacial score (nSPS) is 20.8. The Bertz CT molecular complexity index is 1180. The highest BCUT2D eigenvalue weighted by Crippen LogP contribution is 2.44. The molecule has 1 fully saturated rings. The highest BCUT2D eigenvalue weighted by molar-refractivity contribution is 7.17. The van der Waals surface area contributed by atoms with Crippen molar-refractivity contribution in [3.63, 3.8) is 0 Å². The lowest BCUT2D eigenvalue weighted by atomic mass is 9.75. The zero-order valence-electron chi connectivity index (χ0n) is 23.7. The van der Waals surface area contributed by atoms with E-state index < -0.39 is 11.7 Å². The van der Waals surface area contributed by atoms with Crippen LogP contribution in [-0.2, 0) is 9.47 Å². The van der Waals surface area contributed by atoms with Crippen molar-refractivity contribution in [2.75, 3.05) is 32.1 Å². The molecule has 4 rings (SSSR count). The molecule has 38 heavy (non-hydrogen) atoms. The largest absolute Gasteiger partial charge is 0.465 e. The van der Waals surface area contributed by atoms with Gasteiger partial charge in [-0.05, 0) is 93.3 Å². The standard InChI is InChI=1S/C31H42N2O4S/c1-7-33-16-15-24(26(19-33)21-13-11-20(2)12-14-21)25-18-27(38-28(25)29(34)36-6)22-9-8-10-23(17-22)32-30(35)37-31(3,4)5/h8-10,17-18,20-21H,7,11-16,19H2,1-6H3,(H,32,35). The zero-order chi connectivity index (χ0) is 27.4. The fraction of sp³-hybridized carbons (Fsp3) is 0.548. The van der Waals surface area contributed by atoms with E-state index in [1.54, 1.807) is 0 Å². The maximum absolute atomic E-state index is 13.0. The quantitative estimate of drug-likeness (QED) is 0.379. The molecule has 1 amide bonds. The molecule has 1 aromatic carbocycles. The van der Waals surface area contributed by atoms with Crippen LogP contribution in [0, 0.1) is 11.8 Å². The summed E-state index contributed by atoms with van der Waals surface area (Å²) in [6.45, 7) is 13.1. The smallest absolute Gasteiger partial charge is 0.412 e. The number of carbonyl (C=O) groups excluding carboxylic acids is 2. The van der Waals surface area contributed by atoms with Crippen molar-refractivity contribution in [3.05, 3.63) is 46.3 Å². The molecule has 0 bridgehead atoms. The summed E-state index contributed by atoms with van der Waals surface area (Å²) >= 11 is 1.47. The Morgan fingerprint density at radius 2 is 1.87 bits per heavy atom. The molecule has 2 aliphatic rings. The summed E-state index contributed by atoms with van der Waals surface area (Å²) in [5.41, 5.74) is 4.89. The molecule has 0 unspecified atom stereocenters. The number of hydrogen-bond acceptors (Lipinski definition) is 6. The number of nitrogens with zero attached hydrogens (tertiary/aromatic N) is 1. The number of anilines is 1. The number of amides is 1.